The Kier molecular flexibility index (Phi) is 4.35. The van der Waals surface area contributed by atoms with Crippen molar-refractivity contribution in [3.05, 3.63) is 63.6 Å². The van der Waals surface area contributed by atoms with Gasteiger partial charge in [0.15, 0.2) is 0 Å². The molecule has 3 N–H and O–H groups in total. The number of carbonyl (C=O) groups excluding carboxylic acids is 1. The van der Waals surface area contributed by atoms with Crippen LogP contribution in [0.2, 0.25) is 5.02 Å². The highest BCUT2D eigenvalue weighted by molar-refractivity contribution is 9.10. The molecule has 0 aliphatic rings. The normalized spacial score (nSPS) is 13.6. The summed E-state index contributed by atoms with van der Waals surface area (Å²) in [5.41, 5.74) is 6.06. The molecule has 0 aromatic heterocycles. The van der Waals surface area contributed by atoms with Crippen LogP contribution in [0.25, 0.3) is 0 Å². The Morgan fingerprint density at radius 3 is 2.55 bits per heavy atom. The maximum atomic E-state index is 11.9. The summed E-state index contributed by atoms with van der Waals surface area (Å²) in [5.74, 6) is -0.472. The number of benzene rings is 2. The number of amides is 1. The molecule has 2 aromatic rings. The summed E-state index contributed by atoms with van der Waals surface area (Å²) in [6.07, 6.45) is 0. The predicted octanol–water partition coefficient (Wildman–Crippen LogP) is 3.92. The molecule has 0 saturated heterocycles. The van der Waals surface area contributed by atoms with Crippen LogP contribution in [-0.4, -0.2) is 5.91 Å². The van der Waals surface area contributed by atoms with Gasteiger partial charge in [-0.15, -0.1) is 0 Å². The van der Waals surface area contributed by atoms with Gasteiger partial charge in [-0.25, -0.2) is 0 Å². The third kappa shape index (κ3) is 3.14. The molecule has 3 nitrogen and oxygen atoms in total. The molecule has 104 valence electrons. The summed E-state index contributed by atoms with van der Waals surface area (Å²) in [7, 11) is 0. The maximum Gasteiger partial charge on any atom is 0.247 e. The molecule has 0 fully saturated rings. The van der Waals surface area contributed by atoms with Crippen LogP contribution < -0.4 is 11.1 Å². The van der Waals surface area contributed by atoms with Crippen molar-refractivity contribution in [2.24, 2.45) is 5.73 Å². The molecule has 1 atom stereocenters. The van der Waals surface area contributed by atoms with E-state index in [4.69, 9.17) is 17.3 Å². The Hall–Kier alpha value is -1.52. The van der Waals surface area contributed by atoms with E-state index >= 15 is 0 Å². The van der Waals surface area contributed by atoms with Crippen molar-refractivity contribution in [3.63, 3.8) is 0 Å². The summed E-state index contributed by atoms with van der Waals surface area (Å²) in [4.78, 5) is 11.9. The highest BCUT2D eigenvalue weighted by Gasteiger charge is 2.33. The lowest BCUT2D eigenvalue weighted by molar-refractivity contribution is -0.122. The number of rotatable bonds is 4. The summed E-state index contributed by atoms with van der Waals surface area (Å²) in [6, 6.07) is 14.6. The second-order valence-electron chi connectivity index (χ2n) is 4.63. The molecule has 5 heteroatoms. The van der Waals surface area contributed by atoms with Gasteiger partial charge in [0.2, 0.25) is 5.91 Å². The molecule has 0 aliphatic heterocycles. The average Bonchev–Trinajstić information content (AvgIpc) is 2.38. The first-order valence-electron chi connectivity index (χ1n) is 6.01. The van der Waals surface area contributed by atoms with E-state index in [-0.39, 0.29) is 0 Å². The highest BCUT2D eigenvalue weighted by atomic mass is 79.9. The fraction of sp³-hybridized carbons (Fsp3) is 0.133. The number of hydrogen-bond donors (Lipinski definition) is 2. The monoisotopic (exact) mass is 352 g/mol. The molecule has 0 heterocycles. The Morgan fingerprint density at radius 2 is 1.95 bits per heavy atom. The van der Waals surface area contributed by atoms with E-state index in [1.54, 1.807) is 25.1 Å². The van der Waals surface area contributed by atoms with Crippen LogP contribution in [0, 0.1) is 0 Å². The zero-order valence-corrected chi connectivity index (χ0v) is 13.2. The lowest BCUT2D eigenvalue weighted by atomic mass is 9.91. The third-order valence-corrected chi connectivity index (χ3v) is 3.84. The maximum absolute atomic E-state index is 11.9. The van der Waals surface area contributed by atoms with E-state index in [9.17, 15) is 4.79 Å². The summed E-state index contributed by atoms with van der Waals surface area (Å²) < 4.78 is 0.917. The SMILES string of the molecule is CC(Nc1cccc(Br)c1)(C(N)=O)c1cccc(Cl)c1. The number of hydrogen-bond acceptors (Lipinski definition) is 2. The van der Waals surface area contributed by atoms with Gasteiger partial charge in [-0.05, 0) is 42.8 Å². The predicted molar refractivity (Wildman–Crippen MR) is 85.8 cm³/mol. The van der Waals surface area contributed by atoms with Gasteiger partial charge in [0.1, 0.15) is 5.54 Å². The van der Waals surface area contributed by atoms with E-state index < -0.39 is 11.4 Å². The highest BCUT2D eigenvalue weighted by Crippen LogP contribution is 2.29. The fourth-order valence-corrected chi connectivity index (χ4v) is 2.52. The van der Waals surface area contributed by atoms with Crippen LogP contribution in [0.4, 0.5) is 5.69 Å². The van der Waals surface area contributed by atoms with Gasteiger partial charge in [0.05, 0.1) is 0 Å². The van der Waals surface area contributed by atoms with Gasteiger partial charge < -0.3 is 11.1 Å². The van der Waals surface area contributed by atoms with Crippen molar-refractivity contribution >= 4 is 39.1 Å². The summed E-state index contributed by atoms with van der Waals surface area (Å²) in [6.45, 7) is 1.74. The standard InChI is InChI=1S/C15H14BrClN2O/c1-15(14(18)20,10-4-2-6-12(17)8-10)19-13-7-3-5-11(16)9-13/h2-9,19H,1H3,(H2,18,20). The first-order valence-corrected chi connectivity index (χ1v) is 7.18. The van der Waals surface area contributed by atoms with Crippen molar-refractivity contribution in [2.75, 3.05) is 5.32 Å². The van der Waals surface area contributed by atoms with Gasteiger partial charge in [-0.2, -0.15) is 0 Å². The first kappa shape index (κ1) is 14.9. The molecule has 0 bridgehead atoms. The van der Waals surface area contributed by atoms with E-state index in [2.05, 4.69) is 21.2 Å². The van der Waals surface area contributed by atoms with E-state index in [0.29, 0.717) is 5.02 Å². The van der Waals surface area contributed by atoms with Crippen molar-refractivity contribution in [1.82, 2.24) is 0 Å². The lowest BCUT2D eigenvalue weighted by Crippen LogP contribution is -2.45. The molecule has 1 amide bonds. The van der Waals surface area contributed by atoms with Crippen molar-refractivity contribution in [2.45, 2.75) is 12.5 Å². The van der Waals surface area contributed by atoms with Crippen molar-refractivity contribution in [1.29, 1.82) is 0 Å². The zero-order valence-electron chi connectivity index (χ0n) is 10.9. The van der Waals surface area contributed by atoms with E-state index in [1.165, 1.54) is 0 Å². The molecule has 1 unspecified atom stereocenters. The molecular weight excluding hydrogens is 340 g/mol. The quantitative estimate of drug-likeness (QED) is 0.875. The first-order chi connectivity index (χ1) is 9.41. The topological polar surface area (TPSA) is 55.1 Å². The molecule has 2 aromatic carbocycles. The smallest absolute Gasteiger partial charge is 0.247 e. The van der Waals surface area contributed by atoms with Gasteiger partial charge in [0.25, 0.3) is 0 Å². The van der Waals surface area contributed by atoms with Crippen LogP contribution in [-0.2, 0) is 10.3 Å². The number of primary amides is 1. The zero-order chi connectivity index (χ0) is 14.8. The van der Waals surface area contributed by atoms with Gasteiger partial charge >= 0.3 is 0 Å². The minimum atomic E-state index is -1.04. The molecular formula is C15H14BrClN2O. The second kappa shape index (κ2) is 5.85. The van der Waals surface area contributed by atoms with Crippen LogP contribution >= 0.6 is 27.5 Å². The summed E-state index contributed by atoms with van der Waals surface area (Å²) in [5, 5.41) is 3.74. The number of nitrogens with one attached hydrogen (secondary N) is 1. The Morgan fingerprint density at radius 1 is 1.25 bits per heavy atom. The fourth-order valence-electron chi connectivity index (χ4n) is 1.93. The van der Waals surface area contributed by atoms with Crippen molar-refractivity contribution in [3.8, 4) is 0 Å². The van der Waals surface area contributed by atoms with Crippen molar-refractivity contribution < 1.29 is 4.79 Å². The van der Waals surface area contributed by atoms with Crippen LogP contribution in [0.1, 0.15) is 12.5 Å². The number of carbonyl (C=O) groups is 1. The average molecular weight is 354 g/mol. The van der Waals surface area contributed by atoms with Gasteiger partial charge in [-0.1, -0.05) is 45.7 Å². The molecule has 20 heavy (non-hydrogen) atoms. The Bertz CT molecular complexity index is 647. The van der Waals surface area contributed by atoms with Crippen LogP contribution in [0.15, 0.2) is 53.0 Å². The number of nitrogens with two attached hydrogens (primary N) is 1. The Labute approximate surface area is 131 Å². The van der Waals surface area contributed by atoms with E-state index in [1.807, 2.05) is 30.3 Å². The lowest BCUT2D eigenvalue weighted by Gasteiger charge is -2.29. The van der Waals surface area contributed by atoms with Gasteiger partial charge in [-0.3, -0.25) is 4.79 Å². The minimum absolute atomic E-state index is 0.472. The van der Waals surface area contributed by atoms with Crippen LogP contribution in [0.3, 0.4) is 0 Å². The van der Waals surface area contributed by atoms with Crippen LogP contribution in [0.5, 0.6) is 0 Å². The summed E-state index contributed by atoms with van der Waals surface area (Å²) >= 11 is 9.39. The molecule has 0 saturated carbocycles. The van der Waals surface area contributed by atoms with E-state index in [0.717, 1.165) is 15.7 Å². The largest absolute Gasteiger partial charge is 0.368 e. The number of halogens is 2. The Balaban J connectivity index is 2.42. The molecule has 0 radical (unpaired) electrons. The third-order valence-electron chi connectivity index (χ3n) is 3.11. The van der Waals surface area contributed by atoms with Gasteiger partial charge in [0, 0.05) is 15.2 Å². The molecule has 0 aliphatic carbocycles. The minimum Gasteiger partial charge on any atom is -0.368 e. The molecule has 0 spiro atoms. The second-order valence-corrected chi connectivity index (χ2v) is 5.99. The number of anilines is 1. The molecule has 2 rings (SSSR count).